The van der Waals surface area contributed by atoms with Crippen LogP contribution in [0.4, 0.5) is 4.79 Å². The summed E-state index contributed by atoms with van der Waals surface area (Å²) in [6.45, 7) is 9.78. The highest BCUT2D eigenvalue weighted by Crippen LogP contribution is 2.33. The zero-order valence-corrected chi connectivity index (χ0v) is 15.6. The number of benzene rings is 1. The molecule has 0 aromatic heterocycles. The lowest BCUT2D eigenvalue weighted by molar-refractivity contribution is -0.131. The lowest BCUT2D eigenvalue weighted by atomic mass is 9.86. The van der Waals surface area contributed by atoms with E-state index < -0.39 is 18.2 Å². The fraction of sp³-hybridized carbons (Fsp3) is 0.500. The van der Waals surface area contributed by atoms with E-state index in [1.807, 2.05) is 45.0 Å². The van der Waals surface area contributed by atoms with Crippen LogP contribution in [0, 0.1) is 5.41 Å². The molecular weight excluding hydrogens is 332 g/mol. The van der Waals surface area contributed by atoms with Crippen LogP contribution in [-0.2, 0) is 4.79 Å². The molecule has 1 saturated heterocycles. The number of hydrogen-bond donors (Lipinski definition) is 3. The number of hydrogen-bond acceptors (Lipinski definition) is 3. The van der Waals surface area contributed by atoms with Crippen molar-refractivity contribution in [3.8, 4) is 0 Å². The Balaban J connectivity index is 2.27. The molecule has 0 spiro atoms. The van der Waals surface area contributed by atoms with Gasteiger partial charge in [-0.2, -0.15) is 0 Å². The van der Waals surface area contributed by atoms with Gasteiger partial charge in [0.05, 0.1) is 18.2 Å². The first kappa shape index (κ1) is 20.0. The number of nitrogens with one attached hydrogen (secondary N) is 1. The first-order chi connectivity index (χ1) is 12.1. The maximum absolute atomic E-state index is 12.4. The predicted molar refractivity (Wildman–Crippen MR) is 101 cm³/mol. The molecule has 0 bridgehead atoms. The van der Waals surface area contributed by atoms with Crippen LogP contribution < -0.4 is 5.32 Å². The van der Waals surface area contributed by atoms with E-state index in [4.69, 9.17) is 5.11 Å². The summed E-state index contributed by atoms with van der Waals surface area (Å²) in [5.74, 6) is -0.0634. The maximum Gasteiger partial charge on any atom is 0.404 e. The minimum atomic E-state index is -1.12. The molecule has 1 aromatic rings. The zero-order chi connectivity index (χ0) is 19.5. The average Bonchev–Trinajstić information content (AvgIpc) is 2.93. The summed E-state index contributed by atoms with van der Waals surface area (Å²) in [4.78, 5) is 25.2. The van der Waals surface area contributed by atoms with Crippen molar-refractivity contribution in [3.63, 3.8) is 0 Å². The number of carbonyl (C=O) groups is 2. The van der Waals surface area contributed by atoms with Gasteiger partial charge in [-0.05, 0) is 23.0 Å². The van der Waals surface area contributed by atoms with Gasteiger partial charge < -0.3 is 20.4 Å². The van der Waals surface area contributed by atoms with E-state index in [9.17, 15) is 14.7 Å². The summed E-state index contributed by atoms with van der Waals surface area (Å²) < 4.78 is 0. The van der Waals surface area contributed by atoms with E-state index in [1.165, 1.54) is 0 Å². The van der Waals surface area contributed by atoms with Crippen molar-refractivity contribution in [1.82, 2.24) is 10.2 Å². The van der Waals surface area contributed by atoms with Crippen molar-refractivity contribution >= 4 is 18.1 Å². The molecule has 1 aliphatic rings. The van der Waals surface area contributed by atoms with Gasteiger partial charge in [0.15, 0.2) is 0 Å². The number of aliphatic hydroxyl groups is 1. The molecule has 1 heterocycles. The maximum atomic E-state index is 12.4. The number of aliphatic hydroxyl groups excluding tert-OH is 1. The van der Waals surface area contributed by atoms with Crippen molar-refractivity contribution in [2.24, 2.45) is 5.41 Å². The lowest BCUT2D eigenvalue weighted by Crippen LogP contribution is -2.53. The molecule has 0 aliphatic carbocycles. The largest absolute Gasteiger partial charge is 0.465 e. The Kier molecular flexibility index (Phi) is 6.08. The second kappa shape index (κ2) is 7.91. The number of carboxylic acid groups (broad SMARTS) is 1. The van der Waals surface area contributed by atoms with Gasteiger partial charge in [0.1, 0.15) is 0 Å². The van der Waals surface area contributed by atoms with Crippen molar-refractivity contribution in [2.75, 3.05) is 6.54 Å². The molecular formula is C20H28N2O4. The van der Waals surface area contributed by atoms with Gasteiger partial charge >= 0.3 is 6.09 Å². The number of amides is 2. The molecule has 1 fully saturated rings. The molecule has 2 amide bonds. The molecule has 0 saturated carbocycles. The van der Waals surface area contributed by atoms with Crippen LogP contribution in [0.3, 0.4) is 0 Å². The molecule has 142 valence electrons. The number of carbonyl (C=O) groups excluding carboxylic acids is 1. The van der Waals surface area contributed by atoms with Crippen molar-refractivity contribution in [1.29, 1.82) is 0 Å². The minimum Gasteiger partial charge on any atom is -0.465 e. The van der Waals surface area contributed by atoms with Gasteiger partial charge in [-0.15, -0.1) is 0 Å². The molecule has 3 N–H and O–H groups in total. The first-order valence-electron chi connectivity index (χ1n) is 8.83. The van der Waals surface area contributed by atoms with Crippen LogP contribution in [0.2, 0.25) is 0 Å². The highest BCUT2D eigenvalue weighted by Gasteiger charge is 2.40. The molecule has 0 radical (unpaired) electrons. The predicted octanol–water partition coefficient (Wildman–Crippen LogP) is 3.04. The lowest BCUT2D eigenvalue weighted by Gasteiger charge is -2.37. The molecule has 2 rings (SSSR count). The summed E-state index contributed by atoms with van der Waals surface area (Å²) in [7, 11) is 0. The summed E-state index contributed by atoms with van der Waals surface area (Å²) in [6, 6.07) is 6.60. The highest BCUT2D eigenvalue weighted by molar-refractivity contribution is 5.79. The molecule has 1 aromatic carbocycles. The highest BCUT2D eigenvalue weighted by atomic mass is 16.4. The average molecular weight is 360 g/mol. The fourth-order valence-electron chi connectivity index (χ4n) is 3.38. The standard InChI is InChI=1S/C20H28N2O4/c1-5-13-8-6-7-9-14(13)18(24)15-10-11-17(23)22(15)12-16(20(2,3)4)21-19(25)26/h5-9,15-16,18,21,24H,1,10-12H2,2-4H3,(H,25,26)/t15-,16?,18?/m0/s1. The van der Waals surface area contributed by atoms with Crippen molar-refractivity contribution < 1.29 is 19.8 Å². The number of likely N-dealkylation sites (tertiary alicyclic amines) is 1. The Morgan fingerprint density at radius 2 is 2.08 bits per heavy atom. The Morgan fingerprint density at radius 3 is 2.65 bits per heavy atom. The van der Waals surface area contributed by atoms with Crippen molar-refractivity contribution in [3.05, 3.63) is 42.0 Å². The molecule has 6 heteroatoms. The summed E-state index contributed by atoms with van der Waals surface area (Å²) in [6.07, 6.45) is 0.604. The monoisotopic (exact) mass is 360 g/mol. The zero-order valence-electron chi connectivity index (χ0n) is 15.6. The third-order valence-electron chi connectivity index (χ3n) is 5.00. The third kappa shape index (κ3) is 4.43. The van der Waals surface area contributed by atoms with Gasteiger partial charge in [0, 0.05) is 13.0 Å². The Morgan fingerprint density at radius 1 is 1.42 bits per heavy atom. The normalized spacial score (nSPS) is 19.9. The number of nitrogens with zero attached hydrogens (tertiary/aromatic N) is 1. The van der Waals surface area contributed by atoms with E-state index in [0.29, 0.717) is 12.8 Å². The quantitative estimate of drug-likeness (QED) is 0.727. The Hall–Kier alpha value is -2.34. The van der Waals surface area contributed by atoms with Crippen LogP contribution in [0.25, 0.3) is 6.08 Å². The van der Waals surface area contributed by atoms with Gasteiger partial charge in [0.25, 0.3) is 0 Å². The van der Waals surface area contributed by atoms with Gasteiger partial charge in [-0.25, -0.2) is 4.79 Å². The van der Waals surface area contributed by atoms with Gasteiger partial charge in [-0.1, -0.05) is 57.7 Å². The molecule has 26 heavy (non-hydrogen) atoms. The molecule has 1 aliphatic heterocycles. The van der Waals surface area contributed by atoms with E-state index >= 15 is 0 Å². The fourth-order valence-corrected chi connectivity index (χ4v) is 3.38. The smallest absolute Gasteiger partial charge is 0.404 e. The third-order valence-corrected chi connectivity index (χ3v) is 5.00. The van der Waals surface area contributed by atoms with E-state index in [-0.39, 0.29) is 23.9 Å². The topological polar surface area (TPSA) is 89.9 Å². The summed E-state index contributed by atoms with van der Waals surface area (Å²) in [5, 5.41) is 22.6. The number of rotatable bonds is 6. The van der Waals surface area contributed by atoms with E-state index in [0.717, 1.165) is 11.1 Å². The Bertz CT molecular complexity index is 681. The Labute approximate surface area is 154 Å². The van der Waals surface area contributed by atoms with E-state index in [1.54, 1.807) is 11.0 Å². The van der Waals surface area contributed by atoms with Crippen LogP contribution in [0.1, 0.15) is 50.8 Å². The summed E-state index contributed by atoms with van der Waals surface area (Å²) >= 11 is 0. The van der Waals surface area contributed by atoms with Crippen LogP contribution in [-0.4, -0.2) is 45.7 Å². The van der Waals surface area contributed by atoms with Crippen LogP contribution in [0.15, 0.2) is 30.8 Å². The van der Waals surface area contributed by atoms with Gasteiger partial charge in [0.2, 0.25) is 5.91 Å². The second-order valence-electron chi connectivity index (χ2n) is 7.80. The summed E-state index contributed by atoms with van der Waals surface area (Å²) in [5.41, 5.74) is 1.19. The van der Waals surface area contributed by atoms with E-state index in [2.05, 4.69) is 11.9 Å². The van der Waals surface area contributed by atoms with Crippen LogP contribution in [0.5, 0.6) is 0 Å². The SMILES string of the molecule is C=Cc1ccccc1C(O)[C@@H]1CCC(=O)N1CC(NC(=O)O)C(C)(C)C. The first-order valence-corrected chi connectivity index (χ1v) is 8.83. The molecule has 3 atom stereocenters. The molecule has 6 nitrogen and oxygen atoms in total. The molecule has 2 unspecified atom stereocenters. The van der Waals surface area contributed by atoms with Crippen LogP contribution >= 0.6 is 0 Å². The second-order valence-corrected chi connectivity index (χ2v) is 7.80. The van der Waals surface area contributed by atoms with Gasteiger partial charge in [-0.3, -0.25) is 4.79 Å². The van der Waals surface area contributed by atoms with Crippen molar-refractivity contribution in [2.45, 2.75) is 51.8 Å². The minimum absolute atomic E-state index is 0.0634.